The van der Waals surface area contributed by atoms with Gasteiger partial charge in [0.25, 0.3) is 0 Å². The van der Waals surface area contributed by atoms with Crippen molar-refractivity contribution in [3.05, 3.63) is 58.3 Å². The Kier molecular flexibility index (Phi) is 6.61. The van der Waals surface area contributed by atoms with Crippen molar-refractivity contribution < 1.29 is 9.53 Å². The van der Waals surface area contributed by atoms with E-state index in [0.717, 1.165) is 38.8 Å². The molecular weight excluding hydrogens is 366 g/mol. The summed E-state index contributed by atoms with van der Waals surface area (Å²) in [5.41, 5.74) is 1.21. The minimum atomic E-state index is -0.155. The monoisotopic (exact) mass is 399 g/mol. The SMILES string of the molecule is CC(=O)N(CC[C@@](C)(Cc1ccccc1)c1cccs1)[C@@H]1CCOC(C)(C)C1. The molecule has 0 radical (unpaired) electrons. The maximum atomic E-state index is 12.5. The number of thiophene rings is 1. The number of rotatable bonds is 7. The molecule has 1 aliphatic rings. The van der Waals surface area contributed by atoms with E-state index in [2.05, 4.69) is 73.5 Å². The summed E-state index contributed by atoms with van der Waals surface area (Å²) >= 11 is 1.82. The van der Waals surface area contributed by atoms with Gasteiger partial charge in [-0.25, -0.2) is 0 Å². The van der Waals surface area contributed by atoms with E-state index in [4.69, 9.17) is 4.74 Å². The third kappa shape index (κ3) is 5.24. The molecule has 3 rings (SSSR count). The maximum absolute atomic E-state index is 12.5. The highest BCUT2D eigenvalue weighted by molar-refractivity contribution is 7.10. The molecule has 1 aromatic heterocycles. The standard InChI is InChI=1S/C24H33NO2S/c1-19(26)25(21-12-15-27-23(2,3)18-21)14-13-24(4,22-11-8-16-28-22)17-20-9-6-5-7-10-20/h5-11,16,21H,12-15,17-18H2,1-4H3/t21-,24+/m1/s1. The molecular formula is C24H33NO2S. The van der Waals surface area contributed by atoms with Crippen LogP contribution >= 0.6 is 11.3 Å². The van der Waals surface area contributed by atoms with Crippen LogP contribution in [-0.4, -0.2) is 35.6 Å². The topological polar surface area (TPSA) is 29.5 Å². The van der Waals surface area contributed by atoms with Gasteiger partial charge in [0.05, 0.1) is 5.60 Å². The maximum Gasteiger partial charge on any atom is 0.219 e. The zero-order valence-corrected chi connectivity index (χ0v) is 18.4. The lowest BCUT2D eigenvalue weighted by molar-refractivity contribution is -0.138. The Morgan fingerprint density at radius 3 is 2.61 bits per heavy atom. The zero-order chi connectivity index (χ0) is 20.2. The van der Waals surface area contributed by atoms with Crippen molar-refractivity contribution in [2.75, 3.05) is 13.2 Å². The Bertz CT molecular complexity index is 756. The van der Waals surface area contributed by atoms with Crippen molar-refractivity contribution >= 4 is 17.2 Å². The first-order valence-corrected chi connectivity index (χ1v) is 11.2. The van der Waals surface area contributed by atoms with Gasteiger partial charge < -0.3 is 9.64 Å². The Balaban J connectivity index is 1.77. The van der Waals surface area contributed by atoms with Gasteiger partial charge in [-0.3, -0.25) is 4.79 Å². The van der Waals surface area contributed by atoms with Gasteiger partial charge in [-0.1, -0.05) is 43.3 Å². The van der Waals surface area contributed by atoms with Crippen LogP contribution in [0, 0.1) is 0 Å². The smallest absolute Gasteiger partial charge is 0.219 e. The summed E-state index contributed by atoms with van der Waals surface area (Å²) in [6.45, 7) is 9.83. The van der Waals surface area contributed by atoms with Crippen molar-refractivity contribution in [3.8, 4) is 0 Å². The molecule has 0 saturated carbocycles. The van der Waals surface area contributed by atoms with Crippen molar-refractivity contribution in [1.29, 1.82) is 0 Å². The molecule has 1 fully saturated rings. The summed E-state index contributed by atoms with van der Waals surface area (Å²) in [4.78, 5) is 16.0. The zero-order valence-electron chi connectivity index (χ0n) is 17.6. The molecule has 2 heterocycles. The summed E-state index contributed by atoms with van der Waals surface area (Å²) in [7, 11) is 0. The molecule has 2 aromatic rings. The van der Waals surface area contributed by atoms with Crippen LogP contribution in [0.4, 0.5) is 0 Å². The first-order chi connectivity index (χ1) is 13.3. The molecule has 1 aromatic carbocycles. The van der Waals surface area contributed by atoms with Gasteiger partial charge in [0.15, 0.2) is 0 Å². The quantitative estimate of drug-likeness (QED) is 0.620. The van der Waals surface area contributed by atoms with Gasteiger partial charge in [-0.2, -0.15) is 0 Å². The van der Waals surface area contributed by atoms with Crippen LogP contribution in [-0.2, 0) is 21.4 Å². The molecule has 0 spiro atoms. The summed E-state index contributed by atoms with van der Waals surface area (Å²) in [6.07, 6.45) is 3.78. The average Bonchev–Trinajstić information content (AvgIpc) is 3.17. The molecule has 0 unspecified atom stereocenters. The highest BCUT2D eigenvalue weighted by Gasteiger charge is 2.35. The van der Waals surface area contributed by atoms with Gasteiger partial charge >= 0.3 is 0 Å². The van der Waals surface area contributed by atoms with Crippen molar-refractivity contribution in [2.45, 2.75) is 70.4 Å². The highest BCUT2D eigenvalue weighted by Crippen LogP contribution is 2.36. The lowest BCUT2D eigenvalue weighted by atomic mass is 9.78. The number of hydrogen-bond donors (Lipinski definition) is 0. The number of carbonyl (C=O) groups excluding carboxylic acids is 1. The first-order valence-electron chi connectivity index (χ1n) is 10.3. The summed E-state index contributed by atoms with van der Waals surface area (Å²) in [5, 5.41) is 2.16. The first kappa shape index (κ1) is 21.1. The number of ether oxygens (including phenoxy) is 1. The predicted octanol–water partition coefficient (Wildman–Crippen LogP) is 5.44. The average molecular weight is 400 g/mol. The van der Waals surface area contributed by atoms with E-state index in [-0.39, 0.29) is 23.0 Å². The fraction of sp³-hybridized carbons (Fsp3) is 0.542. The minimum absolute atomic E-state index is 0.0178. The summed E-state index contributed by atoms with van der Waals surface area (Å²) in [6, 6.07) is 15.3. The van der Waals surface area contributed by atoms with E-state index >= 15 is 0 Å². The number of amides is 1. The summed E-state index contributed by atoms with van der Waals surface area (Å²) in [5.74, 6) is 0.177. The van der Waals surface area contributed by atoms with Gasteiger partial charge in [0.1, 0.15) is 0 Å². The van der Waals surface area contributed by atoms with E-state index in [1.54, 1.807) is 6.92 Å². The van der Waals surface area contributed by atoms with Gasteiger partial charge in [-0.05, 0) is 56.5 Å². The third-order valence-electron chi connectivity index (χ3n) is 5.97. The lowest BCUT2D eigenvalue weighted by Gasteiger charge is -2.42. The van der Waals surface area contributed by atoms with Crippen molar-refractivity contribution in [3.63, 3.8) is 0 Å². The van der Waals surface area contributed by atoms with Crippen LogP contribution in [0.3, 0.4) is 0 Å². The number of hydrogen-bond acceptors (Lipinski definition) is 3. The van der Waals surface area contributed by atoms with E-state index in [9.17, 15) is 4.79 Å². The highest BCUT2D eigenvalue weighted by atomic mass is 32.1. The Morgan fingerprint density at radius 1 is 1.25 bits per heavy atom. The second-order valence-corrected chi connectivity index (χ2v) is 9.87. The minimum Gasteiger partial charge on any atom is -0.375 e. The second-order valence-electron chi connectivity index (χ2n) is 8.92. The molecule has 0 N–H and O–H groups in total. The van der Waals surface area contributed by atoms with Gasteiger partial charge in [-0.15, -0.1) is 11.3 Å². The second kappa shape index (κ2) is 8.79. The largest absolute Gasteiger partial charge is 0.375 e. The normalized spacial score (nSPS) is 21.1. The van der Waals surface area contributed by atoms with Crippen LogP contribution in [0.5, 0.6) is 0 Å². The van der Waals surface area contributed by atoms with Crippen molar-refractivity contribution in [2.24, 2.45) is 0 Å². The predicted molar refractivity (Wildman–Crippen MR) is 117 cm³/mol. The third-order valence-corrected chi connectivity index (χ3v) is 7.15. The molecule has 152 valence electrons. The van der Waals surface area contributed by atoms with Crippen LogP contribution < -0.4 is 0 Å². The molecule has 0 aliphatic carbocycles. The molecule has 1 amide bonds. The Hall–Kier alpha value is -1.65. The number of nitrogens with zero attached hydrogens (tertiary/aromatic N) is 1. The number of benzene rings is 1. The van der Waals surface area contributed by atoms with E-state index < -0.39 is 0 Å². The van der Waals surface area contributed by atoms with Crippen LogP contribution in [0.25, 0.3) is 0 Å². The molecule has 3 nitrogen and oxygen atoms in total. The molecule has 4 heteroatoms. The van der Waals surface area contributed by atoms with Gasteiger partial charge in [0, 0.05) is 36.4 Å². The van der Waals surface area contributed by atoms with Crippen LogP contribution in [0.1, 0.15) is 57.4 Å². The fourth-order valence-electron chi connectivity index (χ4n) is 4.40. The number of carbonyl (C=O) groups is 1. The van der Waals surface area contributed by atoms with E-state index in [1.807, 2.05) is 11.3 Å². The van der Waals surface area contributed by atoms with Crippen molar-refractivity contribution in [1.82, 2.24) is 4.90 Å². The van der Waals surface area contributed by atoms with Crippen LogP contribution in [0.15, 0.2) is 47.8 Å². The fourth-order valence-corrected chi connectivity index (χ4v) is 5.32. The lowest BCUT2D eigenvalue weighted by Crippen LogP contribution is -2.49. The molecule has 2 atom stereocenters. The Labute approximate surface area is 173 Å². The molecule has 0 bridgehead atoms. The van der Waals surface area contributed by atoms with E-state index in [1.165, 1.54) is 10.4 Å². The Morgan fingerprint density at radius 2 is 2.00 bits per heavy atom. The summed E-state index contributed by atoms with van der Waals surface area (Å²) < 4.78 is 5.87. The molecule has 1 saturated heterocycles. The molecule has 28 heavy (non-hydrogen) atoms. The van der Waals surface area contributed by atoms with Crippen LogP contribution in [0.2, 0.25) is 0 Å². The van der Waals surface area contributed by atoms with E-state index in [0.29, 0.717) is 0 Å². The molecule has 1 aliphatic heterocycles. The van der Waals surface area contributed by atoms with Gasteiger partial charge in [0.2, 0.25) is 5.91 Å².